The molecule has 4 N–H and O–H groups in total. The van der Waals surface area contributed by atoms with Gasteiger partial charge in [-0.3, -0.25) is 10.1 Å². The summed E-state index contributed by atoms with van der Waals surface area (Å²) in [5.41, 5.74) is 5.29. The van der Waals surface area contributed by atoms with Gasteiger partial charge < -0.3 is 5.73 Å². The van der Waals surface area contributed by atoms with Gasteiger partial charge >= 0.3 is 0 Å². The Bertz CT molecular complexity index is 543. The first-order valence-electron chi connectivity index (χ1n) is 5.50. The van der Waals surface area contributed by atoms with Crippen LogP contribution in [-0.4, -0.2) is 20.0 Å². The molecule has 0 saturated carbocycles. The van der Waals surface area contributed by atoms with Gasteiger partial charge in [0, 0.05) is 5.56 Å². The lowest BCUT2D eigenvalue weighted by molar-refractivity contribution is 0.595. The van der Waals surface area contributed by atoms with Crippen molar-refractivity contribution >= 4 is 21.5 Å². The number of unbranched alkanes of at least 4 members (excludes halogenated alkanes) is 1. The number of nitrogen functional groups attached to an aromatic ring is 1. The Labute approximate surface area is 106 Å². The topological polar surface area (TPSA) is 96.0 Å². The second-order valence-corrected chi connectivity index (χ2v) is 5.72. The molecule has 0 aliphatic heterocycles. The van der Waals surface area contributed by atoms with Gasteiger partial charge in [-0.05, 0) is 24.6 Å². The molecule has 0 unspecified atom stereocenters. The van der Waals surface area contributed by atoms with Gasteiger partial charge in [0.1, 0.15) is 11.7 Å². The molecule has 0 amide bonds. The maximum absolute atomic E-state index is 13.6. The fourth-order valence-corrected chi connectivity index (χ4v) is 2.59. The van der Waals surface area contributed by atoms with Gasteiger partial charge in [0.25, 0.3) is 0 Å². The quantitative estimate of drug-likeness (QED) is 0.543. The zero-order valence-corrected chi connectivity index (χ0v) is 10.8. The molecule has 0 atom stereocenters. The highest BCUT2D eigenvalue weighted by Crippen LogP contribution is 2.17. The van der Waals surface area contributed by atoms with E-state index in [0.29, 0.717) is 6.42 Å². The van der Waals surface area contributed by atoms with E-state index in [0.717, 1.165) is 12.5 Å². The molecule has 0 heterocycles. The molecule has 18 heavy (non-hydrogen) atoms. The van der Waals surface area contributed by atoms with Crippen LogP contribution < -0.4 is 10.5 Å². The van der Waals surface area contributed by atoms with Gasteiger partial charge in [-0.1, -0.05) is 13.3 Å². The molecule has 0 aromatic heterocycles. The standard InChI is InChI=1S/C11H16FN3O2S/c1-2-3-6-18(16,17)15-10-5-4-8(11(13)14)7-9(10)12/h4-5,7,15H,2-3,6H2,1H3,(H3,13,14). The summed E-state index contributed by atoms with van der Waals surface area (Å²) in [6.45, 7) is 1.87. The van der Waals surface area contributed by atoms with Gasteiger partial charge in [0.05, 0.1) is 11.4 Å². The van der Waals surface area contributed by atoms with E-state index >= 15 is 0 Å². The van der Waals surface area contributed by atoms with Crippen molar-refractivity contribution in [1.82, 2.24) is 0 Å². The van der Waals surface area contributed by atoms with Gasteiger partial charge in [-0.2, -0.15) is 0 Å². The molecule has 0 aliphatic rings. The largest absolute Gasteiger partial charge is 0.384 e. The van der Waals surface area contributed by atoms with E-state index in [1.165, 1.54) is 12.1 Å². The summed E-state index contributed by atoms with van der Waals surface area (Å²) >= 11 is 0. The third-order valence-corrected chi connectivity index (χ3v) is 3.67. The van der Waals surface area contributed by atoms with Crippen LogP contribution in [-0.2, 0) is 10.0 Å². The van der Waals surface area contributed by atoms with Gasteiger partial charge in [-0.25, -0.2) is 12.8 Å². The van der Waals surface area contributed by atoms with Gasteiger partial charge in [0.2, 0.25) is 10.0 Å². The lowest BCUT2D eigenvalue weighted by Crippen LogP contribution is -2.18. The second kappa shape index (κ2) is 5.81. The molecule has 0 radical (unpaired) electrons. The van der Waals surface area contributed by atoms with Crippen LogP contribution in [0.3, 0.4) is 0 Å². The first kappa shape index (κ1) is 14.4. The van der Waals surface area contributed by atoms with Crippen LogP contribution in [0.15, 0.2) is 18.2 Å². The summed E-state index contributed by atoms with van der Waals surface area (Å²) < 4.78 is 38.9. The molecule has 1 aromatic carbocycles. The highest BCUT2D eigenvalue weighted by molar-refractivity contribution is 7.92. The number of hydrogen-bond acceptors (Lipinski definition) is 3. The van der Waals surface area contributed by atoms with Crippen molar-refractivity contribution < 1.29 is 12.8 Å². The van der Waals surface area contributed by atoms with Crippen LogP contribution >= 0.6 is 0 Å². The third-order valence-electron chi connectivity index (χ3n) is 2.31. The molecule has 7 heteroatoms. The van der Waals surface area contributed by atoms with Crippen molar-refractivity contribution in [2.24, 2.45) is 5.73 Å². The van der Waals surface area contributed by atoms with Gasteiger partial charge in [0.15, 0.2) is 0 Å². The fourth-order valence-electron chi connectivity index (χ4n) is 1.32. The zero-order valence-electron chi connectivity index (χ0n) is 10.0. The zero-order chi connectivity index (χ0) is 13.8. The van der Waals surface area contributed by atoms with E-state index < -0.39 is 15.8 Å². The van der Waals surface area contributed by atoms with Crippen molar-refractivity contribution in [1.29, 1.82) is 5.41 Å². The lowest BCUT2D eigenvalue weighted by Gasteiger charge is -2.09. The average Bonchev–Trinajstić information content (AvgIpc) is 2.29. The van der Waals surface area contributed by atoms with Crippen LogP contribution in [0.25, 0.3) is 0 Å². The van der Waals surface area contributed by atoms with Crippen LogP contribution in [0.5, 0.6) is 0 Å². The highest BCUT2D eigenvalue weighted by Gasteiger charge is 2.13. The highest BCUT2D eigenvalue weighted by atomic mass is 32.2. The van der Waals surface area contributed by atoms with Crippen molar-refractivity contribution in [2.75, 3.05) is 10.5 Å². The monoisotopic (exact) mass is 273 g/mol. The van der Waals surface area contributed by atoms with Crippen LogP contribution in [0, 0.1) is 11.2 Å². The normalized spacial score (nSPS) is 11.2. The molecule has 1 aromatic rings. The van der Waals surface area contributed by atoms with E-state index in [2.05, 4.69) is 4.72 Å². The van der Waals surface area contributed by atoms with E-state index in [1.807, 2.05) is 6.92 Å². The number of nitrogens with two attached hydrogens (primary N) is 1. The Kier molecular flexibility index (Phi) is 4.66. The fraction of sp³-hybridized carbons (Fsp3) is 0.364. The minimum Gasteiger partial charge on any atom is -0.384 e. The molecular weight excluding hydrogens is 257 g/mol. The number of amidine groups is 1. The first-order valence-corrected chi connectivity index (χ1v) is 7.15. The number of nitrogens with one attached hydrogen (secondary N) is 2. The van der Waals surface area contributed by atoms with Crippen molar-refractivity contribution in [3.63, 3.8) is 0 Å². The number of hydrogen-bond donors (Lipinski definition) is 3. The number of sulfonamides is 1. The molecule has 0 aliphatic carbocycles. The molecule has 0 fully saturated rings. The smallest absolute Gasteiger partial charge is 0.232 e. The molecule has 1 rings (SSSR count). The van der Waals surface area contributed by atoms with E-state index in [1.54, 1.807) is 0 Å². The molecule has 0 bridgehead atoms. The average molecular weight is 273 g/mol. The Morgan fingerprint density at radius 2 is 2.17 bits per heavy atom. The maximum atomic E-state index is 13.6. The minimum atomic E-state index is -3.53. The molecular formula is C11H16FN3O2S. The lowest BCUT2D eigenvalue weighted by atomic mass is 10.2. The van der Waals surface area contributed by atoms with Crippen molar-refractivity contribution in [2.45, 2.75) is 19.8 Å². The van der Waals surface area contributed by atoms with Crippen LogP contribution in [0.4, 0.5) is 10.1 Å². The predicted molar refractivity (Wildman–Crippen MR) is 69.7 cm³/mol. The van der Waals surface area contributed by atoms with Crippen LogP contribution in [0.1, 0.15) is 25.3 Å². The minimum absolute atomic E-state index is 0.0442. The summed E-state index contributed by atoms with van der Waals surface area (Å²) in [5.74, 6) is -1.06. The SMILES string of the molecule is CCCCS(=O)(=O)Nc1ccc(C(=N)N)cc1F. The van der Waals surface area contributed by atoms with E-state index in [9.17, 15) is 12.8 Å². The molecule has 0 spiro atoms. The van der Waals surface area contributed by atoms with E-state index in [4.69, 9.17) is 11.1 Å². The predicted octanol–water partition coefficient (Wildman–Crippen LogP) is 1.65. The van der Waals surface area contributed by atoms with Crippen LogP contribution in [0.2, 0.25) is 0 Å². The van der Waals surface area contributed by atoms with E-state index in [-0.39, 0.29) is 22.8 Å². The summed E-state index contributed by atoms with van der Waals surface area (Å²) in [4.78, 5) is 0. The number of halogens is 1. The summed E-state index contributed by atoms with van der Waals surface area (Å²) in [7, 11) is -3.53. The number of rotatable bonds is 6. The van der Waals surface area contributed by atoms with Gasteiger partial charge in [-0.15, -0.1) is 0 Å². The molecule has 100 valence electrons. The first-order chi connectivity index (χ1) is 8.35. The Hall–Kier alpha value is -1.63. The maximum Gasteiger partial charge on any atom is 0.232 e. The third kappa shape index (κ3) is 3.99. The Morgan fingerprint density at radius 1 is 1.50 bits per heavy atom. The summed E-state index contributed by atoms with van der Waals surface area (Å²) in [5, 5.41) is 7.15. The van der Waals surface area contributed by atoms with Crippen molar-refractivity contribution in [3.05, 3.63) is 29.6 Å². The number of anilines is 1. The Balaban J connectivity index is 2.89. The Morgan fingerprint density at radius 3 is 2.67 bits per heavy atom. The van der Waals surface area contributed by atoms with Crippen molar-refractivity contribution in [3.8, 4) is 0 Å². The summed E-state index contributed by atoms with van der Waals surface area (Å²) in [6, 6.07) is 3.68. The molecule has 0 saturated heterocycles. The second-order valence-electron chi connectivity index (χ2n) is 3.88. The number of benzene rings is 1. The molecule has 5 nitrogen and oxygen atoms in total. The summed E-state index contributed by atoms with van der Waals surface area (Å²) in [6.07, 6.45) is 1.26.